The van der Waals surface area contributed by atoms with Gasteiger partial charge in [-0.1, -0.05) is 42.5 Å². The van der Waals surface area contributed by atoms with E-state index in [1.165, 1.54) is 17.0 Å². The summed E-state index contributed by atoms with van der Waals surface area (Å²) in [6, 6.07) is 12.9. The van der Waals surface area contributed by atoms with Gasteiger partial charge in [-0.2, -0.15) is 0 Å². The van der Waals surface area contributed by atoms with Gasteiger partial charge in [0.25, 0.3) is 0 Å². The van der Waals surface area contributed by atoms with E-state index in [4.69, 9.17) is 5.73 Å². The molecule has 0 bridgehead atoms. The molecule has 1 heterocycles. The number of phenols is 1. The standard InChI is InChI=1S/C23H27N3O5/c24-18(13-15-5-2-1-3-6-15)21(28)25-19(14-16-8-10-17(27)11-9-16)22(29)26-12-4-7-20(26)23(30)31/h1-3,5-6,8-11,18-20,27H,4,7,12-14,24H2,(H,25,28)(H,30,31)/t18-,19-,20-/m0/s1. The van der Waals surface area contributed by atoms with Gasteiger partial charge in [-0.25, -0.2) is 4.79 Å². The highest BCUT2D eigenvalue weighted by Crippen LogP contribution is 2.20. The average Bonchev–Trinajstić information content (AvgIpc) is 3.25. The lowest BCUT2D eigenvalue weighted by molar-refractivity contribution is -0.149. The smallest absolute Gasteiger partial charge is 0.326 e. The number of hydrogen-bond donors (Lipinski definition) is 4. The fraction of sp³-hybridized carbons (Fsp3) is 0.348. The van der Waals surface area contributed by atoms with Crippen LogP contribution in [-0.4, -0.2) is 57.6 Å². The number of aromatic hydroxyl groups is 1. The Morgan fingerprint density at radius 1 is 1.03 bits per heavy atom. The number of carboxylic acids is 1. The molecule has 8 nitrogen and oxygen atoms in total. The molecular formula is C23H27N3O5. The second-order valence-corrected chi connectivity index (χ2v) is 7.76. The first kappa shape index (κ1) is 22.3. The lowest BCUT2D eigenvalue weighted by Gasteiger charge is -2.28. The molecule has 1 saturated heterocycles. The lowest BCUT2D eigenvalue weighted by atomic mass is 10.0. The Bertz CT molecular complexity index is 917. The number of benzene rings is 2. The van der Waals surface area contributed by atoms with E-state index >= 15 is 0 Å². The van der Waals surface area contributed by atoms with Crippen molar-refractivity contribution in [3.63, 3.8) is 0 Å². The SMILES string of the molecule is N[C@@H](Cc1ccccc1)C(=O)N[C@@H](Cc1ccc(O)cc1)C(=O)N1CCC[C@H]1C(=O)O. The summed E-state index contributed by atoms with van der Waals surface area (Å²) in [7, 11) is 0. The number of nitrogens with zero attached hydrogens (tertiary/aromatic N) is 1. The maximum Gasteiger partial charge on any atom is 0.326 e. The van der Waals surface area contributed by atoms with Crippen molar-refractivity contribution in [3.05, 3.63) is 65.7 Å². The van der Waals surface area contributed by atoms with Crippen molar-refractivity contribution in [3.8, 4) is 5.75 Å². The Kier molecular flexibility index (Phi) is 7.25. The highest BCUT2D eigenvalue weighted by atomic mass is 16.4. The fourth-order valence-electron chi connectivity index (χ4n) is 3.79. The molecule has 0 unspecified atom stereocenters. The molecule has 0 spiro atoms. The number of aliphatic carboxylic acids is 1. The van der Waals surface area contributed by atoms with Crippen LogP contribution in [0.15, 0.2) is 54.6 Å². The normalized spacial score (nSPS) is 17.7. The number of carbonyl (C=O) groups is 3. The van der Waals surface area contributed by atoms with Crippen molar-refractivity contribution in [2.75, 3.05) is 6.54 Å². The molecule has 0 aromatic heterocycles. The zero-order valence-corrected chi connectivity index (χ0v) is 17.1. The molecular weight excluding hydrogens is 398 g/mol. The Morgan fingerprint density at radius 2 is 1.68 bits per heavy atom. The summed E-state index contributed by atoms with van der Waals surface area (Å²) in [5.41, 5.74) is 7.70. The van der Waals surface area contributed by atoms with Crippen molar-refractivity contribution in [2.24, 2.45) is 5.73 Å². The molecule has 2 amide bonds. The van der Waals surface area contributed by atoms with E-state index in [0.717, 1.165) is 11.1 Å². The van der Waals surface area contributed by atoms with Crippen LogP contribution in [0.3, 0.4) is 0 Å². The molecule has 1 aliphatic heterocycles. The van der Waals surface area contributed by atoms with Gasteiger partial charge in [0, 0.05) is 13.0 Å². The maximum atomic E-state index is 13.2. The van der Waals surface area contributed by atoms with Gasteiger partial charge in [0.05, 0.1) is 6.04 Å². The van der Waals surface area contributed by atoms with Gasteiger partial charge in [0.2, 0.25) is 11.8 Å². The van der Waals surface area contributed by atoms with E-state index in [9.17, 15) is 24.6 Å². The van der Waals surface area contributed by atoms with Crippen LogP contribution in [0.1, 0.15) is 24.0 Å². The topological polar surface area (TPSA) is 133 Å². The number of likely N-dealkylation sites (tertiary alicyclic amines) is 1. The minimum atomic E-state index is -1.05. The number of hydrogen-bond acceptors (Lipinski definition) is 5. The van der Waals surface area contributed by atoms with Crippen molar-refractivity contribution in [1.29, 1.82) is 0 Å². The monoisotopic (exact) mass is 425 g/mol. The van der Waals surface area contributed by atoms with Crippen LogP contribution in [0.4, 0.5) is 0 Å². The van der Waals surface area contributed by atoms with Crippen LogP contribution in [0.5, 0.6) is 5.75 Å². The van der Waals surface area contributed by atoms with Crippen LogP contribution < -0.4 is 11.1 Å². The molecule has 0 saturated carbocycles. The number of carbonyl (C=O) groups excluding carboxylic acids is 2. The van der Waals surface area contributed by atoms with Gasteiger partial charge in [-0.15, -0.1) is 0 Å². The second-order valence-electron chi connectivity index (χ2n) is 7.76. The van der Waals surface area contributed by atoms with Crippen molar-refractivity contribution >= 4 is 17.8 Å². The number of nitrogens with two attached hydrogens (primary N) is 1. The number of rotatable bonds is 8. The van der Waals surface area contributed by atoms with Crippen LogP contribution in [0.2, 0.25) is 0 Å². The number of nitrogens with one attached hydrogen (secondary N) is 1. The maximum absolute atomic E-state index is 13.2. The second kappa shape index (κ2) is 10.1. The van der Waals surface area contributed by atoms with Crippen molar-refractivity contribution in [2.45, 2.75) is 43.8 Å². The molecule has 0 radical (unpaired) electrons. The van der Waals surface area contributed by atoms with Gasteiger partial charge in [-0.05, 0) is 42.5 Å². The third kappa shape index (κ3) is 5.82. The van der Waals surface area contributed by atoms with Crippen LogP contribution in [0.25, 0.3) is 0 Å². The summed E-state index contributed by atoms with van der Waals surface area (Å²) < 4.78 is 0. The third-order valence-electron chi connectivity index (χ3n) is 5.45. The Labute approximate surface area is 180 Å². The largest absolute Gasteiger partial charge is 0.508 e. The summed E-state index contributed by atoms with van der Waals surface area (Å²) in [5.74, 6) is -1.89. The van der Waals surface area contributed by atoms with Gasteiger partial charge in [0.15, 0.2) is 0 Å². The average molecular weight is 425 g/mol. The van der Waals surface area contributed by atoms with Crippen LogP contribution in [-0.2, 0) is 27.2 Å². The van der Waals surface area contributed by atoms with E-state index in [-0.39, 0.29) is 12.2 Å². The minimum absolute atomic E-state index is 0.0889. The van der Waals surface area contributed by atoms with Gasteiger partial charge in [-0.3, -0.25) is 9.59 Å². The van der Waals surface area contributed by atoms with E-state index in [0.29, 0.717) is 25.8 Å². The van der Waals surface area contributed by atoms with Gasteiger partial charge < -0.3 is 26.2 Å². The molecule has 8 heteroatoms. The van der Waals surface area contributed by atoms with E-state index in [1.54, 1.807) is 12.1 Å². The Morgan fingerprint density at radius 3 is 2.32 bits per heavy atom. The van der Waals surface area contributed by atoms with E-state index in [1.807, 2.05) is 30.3 Å². The van der Waals surface area contributed by atoms with Gasteiger partial charge >= 0.3 is 5.97 Å². The van der Waals surface area contributed by atoms with Gasteiger partial charge in [0.1, 0.15) is 17.8 Å². The molecule has 3 rings (SSSR count). The Hall–Kier alpha value is -3.39. The molecule has 3 atom stereocenters. The quantitative estimate of drug-likeness (QED) is 0.500. The summed E-state index contributed by atoms with van der Waals surface area (Å²) in [4.78, 5) is 38.8. The molecule has 2 aromatic carbocycles. The number of phenolic OH excluding ortho intramolecular Hbond substituents is 1. The van der Waals surface area contributed by atoms with Crippen LogP contribution >= 0.6 is 0 Å². The summed E-state index contributed by atoms with van der Waals surface area (Å²) in [6.45, 7) is 0.327. The highest BCUT2D eigenvalue weighted by Gasteiger charge is 2.38. The predicted octanol–water partition coefficient (Wildman–Crippen LogP) is 1.07. The highest BCUT2D eigenvalue weighted by molar-refractivity contribution is 5.92. The number of amides is 2. The molecule has 164 valence electrons. The van der Waals surface area contributed by atoms with Crippen molar-refractivity contribution in [1.82, 2.24) is 10.2 Å². The Balaban J connectivity index is 1.76. The van der Waals surface area contributed by atoms with Crippen molar-refractivity contribution < 1.29 is 24.6 Å². The van der Waals surface area contributed by atoms with Crippen LogP contribution in [0, 0.1) is 0 Å². The molecule has 5 N–H and O–H groups in total. The zero-order valence-electron chi connectivity index (χ0n) is 17.1. The third-order valence-corrected chi connectivity index (χ3v) is 5.45. The zero-order chi connectivity index (χ0) is 22.4. The summed E-state index contributed by atoms with van der Waals surface area (Å²) in [5, 5.41) is 21.7. The predicted molar refractivity (Wildman–Crippen MR) is 114 cm³/mol. The molecule has 1 fully saturated rings. The minimum Gasteiger partial charge on any atom is -0.508 e. The number of carboxylic acid groups (broad SMARTS) is 1. The van der Waals surface area contributed by atoms with E-state index < -0.39 is 35.9 Å². The first-order valence-corrected chi connectivity index (χ1v) is 10.3. The van der Waals surface area contributed by atoms with E-state index in [2.05, 4.69) is 5.32 Å². The summed E-state index contributed by atoms with van der Waals surface area (Å²) in [6.07, 6.45) is 1.45. The summed E-state index contributed by atoms with van der Waals surface area (Å²) >= 11 is 0. The lowest BCUT2D eigenvalue weighted by Crippen LogP contribution is -2.55. The molecule has 2 aromatic rings. The first-order valence-electron chi connectivity index (χ1n) is 10.3. The molecule has 31 heavy (non-hydrogen) atoms. The fourth-order valence-corrected chi connectivity index (χ4v) is 3.79. The molecule has 0 aliphatic carbocycles. The molecule has 1 aliphatic rings. The first-order chi connectivity index (χ1) is 14.8.